The number of ether oxygens (including phenoxy) is 1. The monoisotopic (exact) mass is 304 g/mol. The Morgan fingerprint density at radius 2 is 2.05 bits per heavy atom. The molecule has 1 aromatic carbocycles. The first-order chi connectivity index (χ1) is 10.6. The molecule has 2 rings (SSSR count). The van der Waals surface area contributed by atoms with E-state index >= 15 is 0 Å². The maximum Gasteiger partial charge on any atom is 0.221 e. The SMILES string of the molecule is COc1ccccc1CCNC(=O)CCN(C(C)=O)C1CC1. The molecule has 0 heterocycles. The minimum absolute atomic E-state index is 0.0122. The zero-order chi connectivity index (χ0) is 15.9. The van der Waals surface area contributed by atoms with Crippen molar-refractivity contribution in [3.63, 3.8) is 0 Å². The van der Waals surface area contributed by atoms with E-state index < -0.39 is 0 Å². The molecule has 0 atom stereocenters. The number of nitrogens with one attached hydrogen (secondary N) is 1. The van der Waals surface area contributed by atoms with Gasteiger partial charge in [0.2, 0.25) is 11.8 Å². The Balaban J connectivity index is 1.70. The largest absolute Gasteiger partial charge is 0.496 e. The molecule has 2 amide bonds. The van der Waals surface area contributed by atoms with E-state index in [2.05, 4.69) is 5.32 Å². The van der Waals surface area contributed by atoms with E-state index in [0.717, 1.165) is 30.6 Å². The molecule has 1 N–H and O–H groups in total. The van der Waals surface area contributed by atoms with Crippen LogP contribution in [0.3, 0.4) is 0 Å². The molecule has 1 saturated carbocycles. The summed E-state index contributed by atoms with van der Waals surface area (Å²) in [6.45, 7) is 2.65. The molecule has 5 heteroatoms. The summed E-state index contributed by atoms with van der Waals surface area (Å²) < 4.78 is 5.28. The second kappa shape index (κ2) is 7.82. The topological polar surface area (TPSA) is 58.6 Å². The second-order valence-electron chi connectivity index (χ2n) is 5.61. The zero-order valence-electron chi connectivity index (χ0n) is 13.3. The molecule has 0 aliphatic heterocycles. The first-order valence-corrected chi connectivity index (χ1v) is 7.77. The van der Waals surface area contributed by atoms with Crippen LogP contribution in [0, 0.1) is 0 Å². The summed E-state index contributed by atoms with van der Waals surface area (Å²) in [5.41, 5.74) is 1.08. The van der Waals surface area contributed by atoms with Crippen LogP contribution in [-0.2, 0) is 16.0 Å². The summed E-state index contributed by atoms with van der Waals surface area (Å²) in [6, 6.07) is 8.15. The molecule has 0 radical (unpaired) electrons. The van der Waals surface area contributed by atoms with Crippen molar-refractivity contribution >= 4 is 11.8 Å². The van der Waals surface area contributed by atoms with Gasteiger partial charge in [-0.15, -0.1) is 0 Å². The van der Waals surface area contributed by atoms with E-state index in [1.54, 1.807) is 18.9 Å². The minimum Gasteiger partial charge on any atom is -0.496 e. The van der Waals surface area contributed by atoms with Crippen molar-refractivity contribution < 1.29 is 14.3 Å². The number of amides is 2. The number of methoxy groups -OCH3 is 1. The van der Waals surface area contributed by atoms with Gasteiger partial charge in [0.1, 0.15) is 5.75 Å². The lowest BCUT2D eigenvalue weighted by atomic mass is 10.1. The van der Waals surface area contributed by atoms with Gasteiger partial charge in [-0.25, -0.2) is 0 Å². The van der Waals surface area contributed by atoms with E-state index in [0.29, 0.717) is 25.6 Å². The lowest BCUT2D eigenvalue weighted by molar-refractivity contribution is -0.130. The lowest BCUT2D eigenvalue weighted by Crippen LogP contribution is -2.35. The molecule has 0 saturated heterocycles. The highest BCUT2D eigenvalue weighted by molar-refractivity contribution is 5.78. The van der Waals surface area contributed by atoms with Crippen LogP contribution in [0.25, 0.3) is 0 Å². The average molecular weight is 304 g/mol. The summed E-state index contributed by atoms with van der Waals surface area (Å²) in [5.74, 6) is 0.888. The normalized spacial score (nSPS) is 13.5. The van der Waals surface area contributed by atoms with Crippen LogP contribution < -0.4 is 10.1 Å². The zero-order valence-corrected chi connectivity index (χ0v) is 13.3. The molecule has 1 aliphatic rings. The van der Waals surface area contributed by atoms with Gasteiger partial charge in [0, 0.05) is 32.5 Å². The van der Waals surface area contributed by atoms with E-state index in [1.807, 2.05) is 24.3 Å². The maximum absolute atomic E-state index is 11.9. The van der Waals surface area contributed by atoms with Crippen LogP contribution in [0.2, 0.25) is 0 Å². The first kappa shape index (κ1) is 16.3. The standard InChI is InChI=1S/C17H24N2O3/c1-13(20)19(15-7-8-15)12-10-17(21)18-11-9-14-5-3-4-6-16(14)22-2/h3-6,15H,7-12H2,1-2H3,(H,18,21). The third-order valence-corrected chi connectivity index (χ3v) is 3.88. The Morgan fingerprint density at radius 3 is 2.68 bits per heavy atom. The van der Waals surface area contributed by atoms with Gasteiger partial charge < -0.3 is 15.0 Å². The average Bonchev–Trinajstić information content (AvgIpc) is 3.32. The number of benzene rings is 1. The summed E-state index contributed by atoms with van der Waals surface area (Å²) in [5, 5.41) is 2.90. The predicted octanol–water partition coefficient (Wildman–Crippen LogP) is 1.75. The van der Waals surface area contributed by atoms with Crippen LogP contribution >= 0.6 is 0 Å². The molecule has 1 aliphatic carbocycles. The molecular weight excluding hydrogens is 280 g/mol. The van der Waals surface area contributed by atoms with Gasteiger partial charge in [0.15, 0.2) is 0 Å². The molecule has 0 bridgehead atoms. The highest BCUT2D eigenvalue weighted by Crippen LogP contribution is 2.26. The summed E-state index contributed by atoms with van der Waals surface area (Å²) in [4.78, 5) is 25.2. The number of nitrogens with zero attached hydrogens (tertiary/aromatic N) is 1. The van der Waals surface area contributed by atoms with Gasteiger partial charge in [-0.05, 0) is 30.9 Å². The summed E-state index contributed by atoms with van der Waals surface area (Å²) in [6.07, 6.45) is 3.22. The molecule has 0 spiro atoms. The number of hydrogen-bond acceptors (Lipinski definition) is 3. The molecule has 0 unspecified atom stereocenters. The van der Waals surface area contributed by atoms with Gasteiger partial charge in [-0.1, -0.05) is 18.2 Å². The number of carbonyl (C=O) groups is 2. The van der Waals surface area contributed by atoms with Gasteiger partial charge in [0.05, 0.1) is 7.11 Å². The Hall–Kier alpha value is -2.04. The highest BCUT2D eigenvalue weighted by Gasteiger charge is 2.30. The number of carbonyl (C=O) groups excluding carboxylic acids is 2. The third kappa shape index (κ3) is 4.76. The van der Waals surface area contributed by atoms with Crippen LogP contribution in [0.15, 0.2) is 24.3 Å². The van der Waals surface area contributed by atoms with E-state index in [1.165, 1.54) is 0 Å². The van der Waals surface area contributed by atoms with Gasteiger partial charge in [-0.2, -0.15) is 0 Å². The van der Waals surface area contributed by atoms with Crippen molar-refractivity contribution in [2.45, 2.75) is 38.6 Å². The Labute approximate surface area is 131 Å². The van der Waals surface area contributed by atoms with Crippen molar-refractivity contribution in [2.24, 2.45) is 0 Å². The van der Waals surface area contributed by atoms with Crippen molar-refractivity contribution in [1.82, 2.24) is 10.2 Å². The fourth-order valence-corrected chi connectivity index (χ4v) is 2.54. The summed E-state index contributed by atoms with van der Waals surface area (Å²) in [7, 11) is 1.64. The number of hydrogen-bond donors (Lipinski definition) is 1. The van der Waals surface area contributed by atoms with E-state index in [4.69, 9.17) is 4.74 Å². The van der Waals surface area contributed by atoms with Crippen LogP contribution in [-0.4, -0.2) is 43.0 Å². The van der Waals surface area contributed by atoms with Crippen LogP contribution in [0.4, 0.5) is 0 Å². The fraction of sp³-hybridized carbons (Fsp3) is 0.529. The molecule has 5 nitrogen and oxygen atoms in total. The van der Waals surface area contributed by atoms with Crippen LogP contribution in [0.1, 0.15) is 31.7 Å². The van der Waals surface area contributed by atoms with Crippen molar-refractivity contribution in [3.8, 4) is 5.75 Å². The molecule has 1 aromatic rings. The second-order valence-corrected chi connectivity index (χ2v) is 5.61. The van der Waals surface area contributed by atoms with E-state index in [-0.39, 0.29) is 11.8 Å². The quantitative estimate of drug-likeness (QED) is 0.796. The maximum atomic E-state index is 11.9. The molecule has 22 heavy (non-hydrogen) atoms. The van der Waals surface area contributed by atoms with Crippen molar-refractivity contribution in [3.05, 3.63) is 29.8 Å². The number of para-hydroxylation sites is 1. The highest BCUT2D eigenvalue weighted by atomic mass is 16.5. The lowest BCUT2D eigenvalue weighted by Gasteiger charge is -2.20. The first-order valence-electron chi connectivity index (χ1n) is 7.77. The van der Waals surface area contributed by atoms with Gasteiger partial charge in [-0.3, -0.25) is 9.59 Å². The van der Waals surface area contributed by atoms with Crippen molar-refractivity contribution in [1.29, 1.82) is 0 Å². The third-order valence-electron chi connectivity index (χ3n) is 3.88. The molecule has 0 aromatic heterocycles. The Kier molecular flexibility index (Phi) is 5.81. The van der Waals surface area contributed by atoms with Gasteiger partial charge in [0.25, 0.3) is 0 Å². The van der Waals surface area contributed by atoms with E-state index in [9.17, 15) is 9.59 Å². The van der Waals surface area contributed by atoms with Crippen LogP contribution in [0.5, 0.6) is 5.75 Å². The number of rotatable bonds is 8. The van der Waals surface area contributed by atoms with Gasteiger partial charge >= 0.3 is 0 Å². The summed E-state index contributed by atoms with van der Waals surface area (Å²) >= 11 is 0. The molecular formula is C17H24N2O3. The fourth-order valence-electron chi connectivity index (χ4n) is 2.54. The molecule has 120 valence electrons. The Morgan fingerprint density at radius 1 is 1.32 bits per heavy atom. The minimum atomic E-state index is -0.0122. The smallest absolute Gasteiger partial charge is 0.221 e. The molecule has 1 fully saturated rings. The predicted molar refractivity (Wildman–Crippen MR) is 84.7 cm³/mol. The van der Waals surface area contributed by atoms with Crippen molar-refractivity contribution in [2.75, 3.05) is 20.2 Å². The Bertz CT molecular complexity index is 526.